The van der Waals surface area contributed by atoms with Gasteiger partial charge in [-0.3, -0.25) is 9.78 Å². The lowest BCUT2D eigenvalue weighted by molar-refractivity contribution is 0.104. The molecule has 6 rings (SSSR count). The maximum atomic E-state index is 14.1. The Labute approximate surface area is 247 Å². The fraction of sp³-hybridized carbons (Fsp3) is 0.324. The normalized spacial score (nSPS) is 18.4. The van der Waals surface area contributed by atoms with Crippen molar-refractivity contribution in [1.29, 1.82) is 5.26 Å². The average Bonchev–Trinajstić information content (AvgIpc) is 3.54. The van der Waals surface area contributed by atoms with Gasteiger partial charge >= 0.3 is 0 Å². The molecule has 1 saturated carbocycles. The van der Waals surface area contributed by atoms with Gasteiger partial charge in [0.25, 0.3) is 0 Å². The molecular weight excluding hydrogens is 521 g/mol. The van der Waals surface area contributed by atoms with E-state index in [1.54, 1.807) is 12.1 Å². The minimum Gasteiger partial charge on any atom is -0.303 e. The Morgan fingerprint density at radius 3 is 2.45 bits per heavy atom. The van der Waals surface area contributed by atoms with Crippen LogP contribution in [0.4, 0.5) is 4.39 Å². The van der Waals surface area contributed by atoms with Crippen LogP contribution in [0.15, 0.2) is 84.4 Å². The van der Waals surface area contributed by atoms with Crippen molar-refractivity contribution in [1.82, 2.24) is 9.88 Å². The van der Waals surface area contributed by atoms with E-state index in [0.29, 0.717) is 23.5 Å². The number of likely N-dealkylation sites (tertiary alicyclic amines) is 1. The number of benzene rings is 3. The van der Waals surface area contributed by atoms with E-state index in [0.717, 1.165) is 65.5 Å². The van der Waals surface area contributed by atoms with Gasteiger partial charge in [-0.1, -0.05) is 42.3 Å². The molecule has 4 nitrogen and oxygen atoms in total. The van der Waals surface area contributed by atoms with E-state index in [9.17, 15) is 14.4 Å². The Bertz CT molecular complexity index is 1640. The highest BCUT2D eigenvalue weighted by Crippen LogP contribution is 2.33. The summed E-state index contributed by atoms with van der Waals surface area (Å²) >= 11 is 0. The molecule has 212 valence electrons. The van der Waals surface area contributed by atoms with Gasteiger partial charge in [0.15, 0.2) is 5.78 Å². The van der Waals surface area contributed by atoms with E-state index in [4.69, 9.17) is 4.98 Å². The number of carbonyl (C=O) groups excluding carboxylic acids is 1. The summed E-state index contributed by atoms with van der Waals surface area (Å²) < 4.78 is 13.4. The summed E-state index contributed by atoms with van der Waals surface area (Å²) in [7, 11) is 0. The van der Waals surface area contributed by atoms with Crippen molar-refractivity contribution in [2.24, 2.45) is 5.92 Å². The Morgan fingerprint density at radius 1 is 0.929 bits per heavy atom. The molecule has 0 spiro atoms. The van der Waals surface area contributed by atoms with Gasteiger partial charge in [0, 0.05) is 23.2 Å². The smallest absolute Gasteiger partial charge is 0.186 e. The zero-order chi connectivity index (χ0) is 28.9. The summed E-state index contributed by atoms with van der Waals surface area (Å²) in [5.41, 5.74) is 7.26. The van der Waals surface area contributed by atoms with Crippen LogP contribution >= 0.6 is 0 Å². The molecule has 42 heavy (non-hydrogen) atoms. The molecule has 1 saturated heterocycles. The second-order valence-electron chi connectivity index (χ2n) is 11.7. The van der Waals surface area contributed by atoms with E-state index < -0.39 is 0 Å². The van der Waals surface area contributed by atoms with Crippen molar-refractivity contribution in [3.8, 4) is 17.2 Å². The molecule has 0 amide bonds. The first-order valence-corrected chi connectivity index (χ1v) is 15.2. The van der Waals surface area contributed by atoms with E-state index in [2.05, 4.69) is 17.0 Å². The van der Waals surface area contributed by atoms with Gasteiger partial charge in [-0.15, -0.1) is 0 Å². The van der Waals surface area contributed by atoms with Gasteiger partial charge in [0.2, 0.25) is 0 Å². The molecule has 1 unspecified atom stereocenters. The first-order valence-electron chi connectivity index (χ1n) is 15.2. The number of pyridine rings is 1. The summed E-state index contributed by atoms with van der Waals surface area (Å²) in [5, 5.41) is 10.0. The number of nitriles is 1. The number of allylic oxidation sites excluding steroid dienone is 1. The molecule has 0 N–H and O–H groups in total. The molecule has 1 aliphatic carbocycles. The fourth-order valence-corrected chi connectivity index (χ4v) is 6.48. The Hall–Kier alpha value is -4.14. The van der Waals surface area contributed by atoms with Crippen molar-refractivity contribution in [3.63, 3.8) is 0 Å². The van der Waals surface area contributed by atoms with E-state index in [1.807, 2.05) is 48.5 Å². The van der Waals surface area contributed by atoms with Crippen molar-refractivity contribution >= 4 is 16.7 Å². The standard InChI is InChI=1S/C37H36FN3O/c38-32-15-9-26(10-16-32)11-17-33-23-35(37(42)22-29-5-1-2-6-31(29)25-41-19-3-4-20-41)34-21-30(14-18-36(34)40-33)28-12-7-27(24-39)8-13-28/h7-10,12-16,18,21-23,31H,1-6,11,17,19-20,25H2/b29-22-. The molecule has 1 atom stereocenters. The molecule has 2 aliphatic rings. The van der Waals surface area contributed by atoms with Crippen LogP contribution in [0.3, 0.4) is 0 Å². The summed E-state index contributed by atoms with van der Waals surface area (Å²) in [6.07, 6.45) is 10.4. The molecule has 4 aromatic rings. The molecule has 1 aromatic heterocycles. The third-order valence-corrected chi connectivity index (χ3v) is 8.84. The average molecular weight is 558 g/mol. The molecule has 5 heteroatoms. The van der Waals surface area contributed by atoms with E-state index in [1.165, 1.54) is 50.1 Å². The van der Waals surface area contributed by atoms with Gasteiger partial charge in [-0.2, -0.15) is 5.26 Å². The van der Waals surface area contributed by atoms with Crippen LogP contribution in [0.25, 0.3) is 22.0 Å². The predicted octanol–water partition coefficient (Wildman–Crippen LogP) is 8.09. The number of hydrogen-bond acceptors (Lipinski definition) is 4. The number of aromatic nitrogens is 1. The van der Waals surface area contributed by atoms with Crippen LogP contribution in [-0.2, 0) is 12.8 Å². The third kappa shape index (κ3) is 6.50. The lowest BCUT2D eigenvalue weighted by Gasteiger charge is -2.29. The molecule has 0 bridgehead atoms. The van der Waals surface area contributed by atoms with Crippen molar-refractivity contribution < 1.29 is 9.18 Å². The van der Waals surface area contributed by atoms with Crippen LogP contribution in [0.1, 0.15) is 65.7 Å². The molecule has 1 aliphatic heterocycles. The minimum absolute atomic E-state index is 0.0470. The van der Waals surface area contributed by atoms with Crippen LogP contribution in [0.5, 0.6) is 0 Å². The molecule has 2 heterocycles. The number of nitrogens with zero attached hydrogens (tertiary/aromatic N) is 3. The number of rotatable bonds is 8. The Balaban J connectivity index is 1.36. The molecule has 3 aromatic carbocycles. The van der Waals surface area contributed by atoms with E-state index >= 15 is 0 Å². The van der Waals surface area contributed by atoms with Crippen molar-refractivity contribution in [3.05, 3.63) is 113 Å². The summed E-state index contributed by atoms with van der Waals surface area (Å²) in [6.45, 7) is 3.40. The van der Waals surface area contributed by atoms with Gasteiger partial charge in [-0.25, -0.2) is 4.39 Å². The molecule has 0 radical (unpaired) electrons. The number of hydrogen-bond donors (Lipinski definition) is 0. The van der Waals surface area contributed by atoms with Crippen molar-refractivity contribution in [2.45, 2.75) is 51.4 Å². The lowest BCUT2D eigenvalue weighted by Crippen LogP contribution is -2.29. The number of fused-ring (bicyclic) bond motifs is 1. The topological polar surface area (TPSA) is 57.0 Å². The van der Waals surface area contributed by atoms with Gasteiger partial charge in [0.1, 0.15) is 5.82 Å². The largest absolute Gasteiger partial charge is 0.303 e. The second-order valence-corrected chi connectivity index (χ2v) is 11.7. The fourth-order valence-electron chi connectivity index (χ4n) is 6.48. The maximum absolute atomic E-state index is 14.1. The monoisotopic (exact) mass is 557 g/mol. The first kappa shape index (κ1) is 28.0. The van der Waals surface area contributed by atoms with Crippen LogP contribution in [0, 0.1) is 23.1 Å². The third-order valence-electron chi connectivity index (χ3n) is 8.84. The second kappa shape index (κ2) is 12.8. The molecule has 2 fully saturated rings. The molecular formula is C37H36FN3O. The first-order chi connectivity index (χ1) is 20.6. The zero-order valence-corrected chi connectivity index (χ0v) is 24.0. The highest BCUT2D eigenvalue weighted by molar-refractivity contribution is 6.13. The van der Waals surface area contributed by atoms with Gasteiger partial charge in [0.05, 0.1) is 17.1 Å². The quantitative estimate of drug-likeness (QED) is 0.162. The number of aryl methyl sites for hydroxylation is 2. The van der Waals surface area contributed by atoms with Crippen LogP contribution < -0.4 is 0 Å². The summed E-state index contributed by atoms with van der Waals surface area (Å²) in [6, 6.07) is 24.3. The van der Waals surface area contributed by atoms with Gasteiger partial charge in [-0.05, 0) is 129 Å². The number of carbonyl (C=O) groups is 1. The predicted molar refractivity (Wildman–Crippen MR) is 166 cm³/mol. The SMILES string of the molecule is N#Cc1ccc(-c2ccc3nc(CCc4ccc(F)cc4)cc(C(=O)/C=C4/CCCCC4CN4CCCC4)c3c2)cc1. The zero-order valence-electron chi connectivity index (χ0n) is 24.0. The highest BCUT2D eigenvalue weighted by Gasteiger charge is 2.24. The van der Waals surface area contributed by atoms with Crippen LogP contribution in [0.2, 0.25) is 0 Å². The summed E-state index contributed by atoms with van der Waals surface area (Å²) in [5.74, 6) is 0.249. The minimum atomic E-state index is -0.243. The number of halogens is 1. The Kier molecular flexibility index (Phi) is 8.53. The van der Waals surface area contributed by atoms with E-state index in [-0.39, 0.29) is 11.6 Å². The Morgan fingerprint density at radius 2 is 1.69 bits per heavy atom. The van der Waals surface area contributed by atoms with Crippen molar-refractivity contribution in [2.75, 3.05) is 19.6 Å². The van der Waals surface area contributed by atoms with Crippen LogP contribution in [-0.4, -0.2) is 35.3 Å². The maximum Gasteiger partial charge on any atom is 0.186 e. The highest BCUT2D eigenvalue weighted by atomic mass is 19.1. The van der Waals surface area contributed by atoms with Gasteiger partial charge < -0.3 is 4.90 Å². The summed E-state index contributed by atoms with van der Waals surface area (Å²) in [4.78, 5) is 21.6. The lowest BCUT2D eigenvalue weighted by atomic mass is 9.82. The number of ketones is 1.